The molecule has 0 unspecified atom stereocenters. The third-order valence-corrected chi connectivity index (χ3v) is 3.24. The van der Waals surface area contributed by atoms with Crippen molar-refractivity contribution in [2.45, 2.75) is 33.0 Å². The van der Waals surface area contributed by atoms with E-state index in [-0.39, 0.29) is 6.61 Å². The molecule has 0 amide bonds. The Morgan fingerprint density at radius 1 is 0.952 bits per heavy atom. The van der Waals surface area contributed by atoms with Crippen molar-refractivity contribution in [2.75, 3.05) is 6.61 Å². The van der Waals surface area contributed by atoms with Gasteiger partial charge in [-0.25, -0.2) is 0 Å². The minimum Gasteiger partial charge on any atom is -0.494 e. The van der Waals surface area contributed by atoms with E-state index in [1.807, 2.05) is 36.4 Å². The van der Waals surface area contributed by atoms with E-state index >= 15 is 0 Å². The lowest BCUT2D eigenvalue weighted by molar-refractivity contribution is 0.282. The highest BCUT2D eigenvalue weighted by atomic mass is 16.5. The van der Waals surface area contributed by atoms with Gasteiger partial charge < -0.3 is 15.2 Å². The number of benzene rings is 2. The molecule has 0 atom stereocenters. The summed E-state index contributed by atoms with van der Waals surface area (Å²) in [6.07, 6.45) is 1.02. The summed E-state index contributed by atoms with van der Waals surface area (Å²) in [4.78, 5) is 0. The molecule has 2 aromatic rings. The Hall–Kier alpha value is -1.84. The lowest BCUT2D eigenvalue weighted by Crippen LogP contribution is -2.12. The molecule has 0 radical (unpaired) electrons. The van der Waals surface area contributed by atoms with E-state index in [1.54, 1.807) is 0 Å². The molecule has 0 fully saturated rings. The van der Waals surface area contributed by atoms with Crippen LogP contribution in [0.5, 0.6) is 5.75 Å². The molecule has 2 aromatic carbocycles. The third kappa shape index (κ3) is 5.21. The van der Waals surface area contributed by atoms with Crippen LogP contribution in [0.15, 0.2) is 48.5 Å². The number of aliphatic hydroxyl groups is 1. The minimum absolute atomic E-state index is 0.0955. The minimum atomic E-state index is 0.0955. The smallest absolute Gasteiger partial charge is 0.119 e. The first kappa shape index (κ1) is 15.5. The highest BCUT2D eigenvalue weighted by molar-refractivity contribution is 5.28. The lowest BCUT2D eigenvalue weighted by Gasteiger charge is -2.08. The largest absolute Gasteiger partial charge is 0.494 e. The van der Waals surface area contributed by atoms with Crippen molar-refractivity contribution in [1.82, 2.24) is 5.32 Å². The van der Waals surface area contributed by atoms with Gasteiger partial charge in [-0.2, -0.15) is 0 Å². The molecule has 0 saturated carbocycles. The molecule has 0 aliphatic heterocycles. The molecule has 0 heterocycles. The second-order valence-electron chi connectivity index (χ2n) is 5.07. The van der Waals surface area contributed by atoms with Gasteiger partial charge in [0, 0.05) is 13.1 Å². The normalized spacial score (nSPS) is 10.6. The van der Waals surface area contributed by atoms with Crippen LogP contribution in [0.4, 0.5) is 0 Å². The zero-order valence-corrected chi connectivity index (χ0v) is 12.5. The van der Waals surface area contributed by atoms with Crippen molar-refractivity contribution in [3.8, 4) is 5.75 Å². The summed E-state index contributed by atoms with van der Waals surface area (Å²) < 4.78 is 5.63. The molecule has 0 saturated heterocycles. The van der Waals surface area contributed by atoms with Gasteiger partial charge in [0.05, 0.1) is 13.2 Å². The highest BCUT2D eigenvalue weighted by Gasteiger charge is 1.98. The molecule has 2 rings (SSSR count). The number of hydrogen-bond donors (Lipinski definition) is 2. The maximum Gasteiger partial charge on any atom is 0.119 e. The van der Waals surface area contributed by atoms with Crippen LogP contribution < -0.4 is 10.1 Å². The van der Waals surface area contributed by atoms with Crippen LogP contribution in [0, 0.1) is 0 Å². The molecule has 0 bridgehead atoms. The maximum absolute atomic E-state index is 9.01. The van der Waals surface area contributed by atoms with Crippen LogP contribution in [0.1, 0.15) is 30.0 Å². The summed E-state index contributed by atoms with van der Waals surface area (Å²) in [6, 6.07) is 16.2. The third-order valence-electron chi connectivity index (χ3n) is 3.24. The highest BCUT2D eigenvalue weighted by Crippen LogP contribution is 2.13. The Labute approximate surface area is 126 Å². The number of ether oxygens (including phenoxy) is 1. The molecule has 3 nitrogen and oxygen atoms in total. The first-order valence-corrected chi connectivity index (χ1v) is 7.43. The number of rotatable bonds is 8. The van der Waals surface area contributed by atoms with Gasteiger partial charge in [-0.3, -0.25) is 0 Å². The molecule has 0 aromatic heterocycles. The molecular formula is C18H23NO2. The standard InChI is InChI=1S/C18H23NO2/c1-2-10-21-18-5-3-4-17(11-18)13-19-12-15-6-8-16(14-20)9-7-15/h3-9,11,19-20H,2,10,12-14H2,1H3. The molecular weight excluding hydrogens is 262 g/mol. The predicted octanol–water partition coefficient (Wildman–Crippen LogP) is 3.26. The topological polar surface area (TPSA) is 41.5 Å². The van der Waals surface area contributed by atoms with E-state index in [0.29, 0.717) is 0 Å². The summed E-state index contributed by atoms with van der Waals surface area (Å²) in [6.45, 7) is 4.58. The quantitative estimate of drug-likeness (QED) is 0.782. The van der Waals surface area contributed by atoms with Crippen molar-refractivity contribution in [1.29, 1.82) is 0 Å². The lowest BCUT2D eigenvalue weighted by atomic mass is 10.1. The number of aliphatic hydroxyl groups excluding tert-OH is 1. The summed E-state index contributed by atoms with van der Waals surface area (Å²) in [5.74, 6) is 0.934. The zero-order chi connectivity index (χ0) is 14.9. The first-order valence-electron chi connectivity index (χ1n) is 7.43. The molecule has 0 spiro atoms. The van der Waals surface area contributed by atoms with Crippen LogP contribution in [0.25, 0.3) is 0 Å². The van der Waals surface area contributed by atoms with Gasteiger partial charge in [-0.05, 0) is 35.2 Å². The monoisotopic (exact) mass is 285 g/mol. The van der Waals surface area contributed by atoms with Gasteiger partial charge in [0.25, 0.3) is 0 Å². The average molecular weight is 285 g/mol. The van der Waals surface area contributed by atoms with Crippen molar-refractivity contribution in [2.24, 2.45) is 0 Å². The Morgan fingerprint density at radius 2 is 1.67 bits per heavy atom. The molecule has 3 heteroatoms. The fourth-order valence-electron chi connectivity index (χ4n) is 2.08. The van der Waals surface area contributed by atoms with Crippen molar-refractivity contribution in [3.63, 3.8) is 0 Å². The van der Waals surface area contributed by atoms with E-state index in [4.69, 9.17) is 9.84 Å². The average Bonchev–Trinajstić information content (AvgIpc) is 2.54. The predicted molar refractivity (Wildman–Crippen MR) is 85.1 cm³/mol. The van der Waals surface area contributed by atoms with Gasteiger partial charge in [0.2, 0.25) is 0 Å². The summed E-state index contributed by atoms with van der Waals surface area (Å²) in [5.41, 5.74) is 3.38. The van der Waals surface area contributed by atoms with E-state index < -0.39 is 0 Å². The van der Waals surface area contributed by atoms with Gasteiger partial charge in [-0.1, -0.05) is 43.3 Å². The van der Waals surface area contributed by atoms with Crippen LogP contribution in [0.3, 0.4) is 0 Å². The molecule has 0 aliphatic rings. The summed E-state index contributed by atoms with van der Waals surface area (Å²) >= 11 is 0. The SMILES string of the molecule is CCCOc1cccc(CNCc2ccc(CO)cc2)c1. The fraction of sp³-hybridized carbons (Fsp3) is 0.333. The maximum atomic E-state index is 9.01. The Morgan fingerprint density at radius 3 is 2.38 bits per heavy atom. The van der Waals surface area contributed by atoms with E-state index in [9.17, 15) is 0 Å². The van der Waals surface area contributed by atoms with Gasteiger partial charge in [-0.15, -0.1) is 0 Å². The summed E-state index contributed by atoms with van der Waals surface area (Å²) in [7, 11) is 0. The van der Waals surface area contributed by atoms with Crippen molar-refractivity contribution >= 4 is 0 Å². The van der Waals surface area contributed by atoms with Crippen LogP contribution in [-0.2, 0) is 19.7 Å². The number of hydrogen-bond acceptors (Lipinski definition) is 3. The fourth-order valence-corrected chi connectivity index (χ4v) is 2.08. The second-order valence-corrected chi connectivity index (χ2v) is 5.07. The van der Waals surface area contributed by atoms with Crippen molar-refractivity contribution < 1.29 is 9.84 Å². The first-order chi connectivity index (χ1) is 10.3. The van der Waals surface area contributed by atoms with Gasteiger partial charge in [0.1, 0.15) is 5.75 Å². The Kier molecular flexibility index (Phi) is 6.25. The van der Waals surface area contributed by atoms with Crippen LogP contribution in [0.2, 0.25) is 0 Å². The van der Waals surface area contributed by atoms with E-state index in [1.165, 1.54) is 11.1 Å². The molecule has 112 valence electrons. The Balaban J connectivity index is 1.82. The van der Waals surface area contributed by atoms with Gasteiger partial charge in [0.15, 0.2) is 0 Å². The molecule has 21 heavy (non-hydrogen) atoms. The van der Waals surface area contributed by atoms with Crippen LogP contribution in [-0.4, -0.2) is 11.7 Å². The second kappa shape index (κ2) is 8.45. The van der Waals surface area contributed by atoms with E-state index in [2.05, 4.69) is 24.4 Å². The Bertz CT molecular complexity index is 537. The summed E-state index contributed by atoms with van der Waals surface area (Å²) in [5, 5.41) is 12.4. The van der Waals surface area contributed by atoms with E-state index in [0.717, 1.165) is 37.4 Å². The van der Waals surface area contributed by atoms with Crippen LogP contribution >= 0.6 is 0 Å². The molecule has 2 N–H and O–H groups in total. The van der Waals surface area contributed by atoms with Crippen molar-refractivity contribution in [3.05, 3.63) is 65.2 Å². The number of nitrogens with one attached hydrogen (secondary N) is 1. The zero-order valence-electron chi connectivity index (χ0n) is 12.5. The van der Waals surface area contributed by atoms with Gasteiger partial charge >= 0.3 is 0 Å². The molecule has 0 aliphatic carbocycles.